The van der Waals surface area contributed by atoms with E-state index in [2.05, 4.69) is 41.4 Å². The van der Waals surface area contributed by atoms with Crippen molar-refractivity contribution in [2.45, 2.75) is 52.1 Å². The Morgan fingerprint density at radius 3 is 2.31 bits per heavy atom. The predicted octanol–water partition coefficient (Wildman–Crippen LogP) is 5.42. The topological polar surface area (TPSA) is 94.9 Å². The van der Waals surface area contributed by atoms with Gasteiger partial charge < -0.3 is 24.6 Å². The molecular formula is C28H36N4O4. The number of benzene rings is 2. The van der Waals surface area contributed by atoms with Crippen LogP contribution in [0.5, 0.6) is 0 Å². The number of nitriles is 1. The Balaban J connectivity index is 1.85. The maximum absolute atomic E-state index is 12.5. The Hall–Kier alpha value is -3.73. The van der Waals surface area contributed by atoms with E-state index in [-0.39, 0.29) is 18.0 Å². The van der Waals surface area contributed by atoms with Crippen molar-refractivity contribution in [3.8, 4) is 6.07 Å². The number of nitrogens with one attached hydrogen (secondary N) is 1. The Morgan fingerprint density at radius 1 is 1.08 bits per heavy atom. The first-order chi connectivity index (χ1) is 17.1. The average molecular weight is 493 g/mol. The molecule has 8 heteroatoms. The van der Waals surface area contributed by atoms with Crippen molar-refractivity contribution in [3.63, 3.8) is 0 Å². The first-order valence-corrected chi connectivity index (χ1v) is 12.3. The van der Waals surface area contributed by atoms with Crippen LogP contribution in [-0.4, -0.2) is 55.9 Å². The molecule has 1 saturated heterocycles. The molecule has 1 atom stereocenters. The summed E-state index contributed by atoms with van der Waals surface area (Å²) >= 11 is 0. The second-order valence-corrected chi connectivity index (χ2v) is 9.93. The number of nitrogens with zero attached hydrogens (tertiary/aromatic N) is 3. The lowest BCUT2D eigenvalue weighted by Gasteiger charge is -2.37. The minimum atomic E-state index is -0.526. The van der Waals surface area contributed by atoms with Gasteiger partial charge in [0.15, 0.2) is 0 Å². The molecule has 1 fully saturated rings. The Morgan fingerprint density at radius 2 is 1.75 bits per heavy atom. The van der Waals surface area contributed by atoms with Crippen LogP contribution in [0, 0.1) is 11.3 Å². The van der Waals surface area contributed by atoms with Crippen LogP contribution >= 0.6 is 0 Å². The third-order valence-electron chi connectivity index (χ3n) is 6.19. The summed E-state index contributed by atoms with van der Waals surface area (Å²) in [4.78, 5) is 28.4. The number of methoxy groups -OCH3 is 1. The van der Waals surface area contributed by atoms with Crippen molar-refractivity contribution in [3.05, 3.63) is 53.6 Å². The molecule has 0 spiro atoms. The zero-order valence-corrected chi connectivity index (χ0v) is 21.8. The standard InChI is InChI=1S/C28H36N4O4/c1-6-21(18-26(33)35-5)22-9-12-25(24(17-22)30-23-10-7-20(19-29)8-11-23)31-13-15-32(16-14-31)27(34)36-28(2,3)4/h7-12,17,21,30H,6,13-16,18H2,1-5H3. The predicted molar refractivity (Wildman–Crippen MR) is 141 cm³/mol. The fourth-order valence-electron chi connectivity index (χ4n) is 4.21. The van der Waals surface area contributed by atoms with Crippen molar-refractivity contribution in [2.24, 2.45) is 0 Å². The summed E-state index contributed by atoms with van der Waals surface area (Å²) in [5, 5.41) is 12.6. The summed E-state index contributed by atoms with van der Waals surface area (Å²) < 4.78 is 10.4. The lowest BCUT2D eigenvalue weighted by Crippen LogP contribution is -2.50. The van der Waals surface area contributed by atoms with Gasteiger partial charge in [0.05, 0.1) is 36.5 Å². The largest absolute Gasteiger partial charge is 0.469 e. The number of ether oxygens (including phenoxy) is 2. The van der Waals surface area contributed by atoms with Crippen LogP contribution in [0.4, 0.5) is 21.9 Å². The number of amides is 1. The van der Waals surface area contributed by atoms with Gasteiger partial charge in [-0.15, -0.1) is 0 Å². The summed E-state index contributed by atoms with van der Waals surface area (Å²) in [6.07, 6.45) is 0.832. The number of rotatable bonds is 7. The van der Waals surface area contributed by atoms with Gasteiger partial charge >= 0.3 is 12.1 Å². The summed E-state index contributed by atoms with van der Waals surface area (Å²) in [6.45, 7) is 10.1. The van der Waals surface area contributed by atoms with Crippen LogP contribution in [0.15, 0.2) is 42.5 Å². The van der Waals surface area contributed by atoms with Gasteiger partial charge in [0.1, 0.15) is 5.60 Å². The summed E-state index contributed by atoms with van der Waals surface area (Å²) in [5.74, 6) is -0.192. The molecule has 0 aromatic heterocycles. The third kappa shape index (κ3) is 7.14. The van der Waals surface area contributed by atoms with Gasteiger partial charge in [-0.05, 0) is 75.1 Å². The number of carbonyl (C=O) groups excluding carboxylic acids is 2. The highest BCUT2D eigenvalue weighted by molar-refractivity contribution is 5.78. The molecule has 1 amide bonds. The first-order valence-electron chi connectivity index (χ1n) is 12.3. The van der Waals surface area contributed by atoms with E-state index in [0.29, 0.717) is 38.2 Å². The quantitative estimate of drug-likeness (QED) is 0.516. The molecule has 1 heterocycles. The number of piperazine rings is 1. The Bertz CT molecular complexity index is 1090. The Kier molecular flexibility index (Phi) is 8.81. The molecule has 0 bridgehead atoms. The van der Waals surface area contributed by atoms with Gasteiger partial charge in [0.2, 0.25) is 0 Å². The average Bonchev–Trinajstić information content (AvgIpc) is 2.86. The monoisotopic (exact) mass is 492 g/mol. The molecule has 1 N–H and O–H groups in total. The van der Waals surface area contributed by atoms with E-state index in [1.165, 1.54) is 7.11 Å². The maximum Gasteiger partial charge on any atom is 0.410 e. The minimum Gasteiger partial charge on any atom is -0.469 e. The van der Waals surface area contributed by atoms with Gasteiger partial charge in [-0.2, -0.15) is 5.26 Å². The second kappa shape index (κ2) is 11.8. The highest BCUT2D eigenvalue weighted by Crippen LogP contribution is 2.35. The van der Waals surface area contributed by atoms with E-state index in [9.17, 15) is 9.59 Å². The van der Waals surface area contributed by atoms with Crippen LogP contribution < -0.4 is 10.2 Å². The van der Waals surface area contributed by atoms with Crippen molar-refractivity contribution in [2.75, 3.05) is 43.5 Å². The molecule has 2 aromatic carbocycles. The van der Waals surface area contributed by atoms with Crippen LogP contribution in [0.3, 0.4) is 0 Å². The number of hydrogen-bond donors (Lipinski definition) is 1. The van der Waals surface area contributed by atoms with E-state index in [1.54, 1.807) is 17.0 Å². The van der Waals surface area contributed by atoms with E-state index >= 15 is 0 Å². The molecule has 192 valence electrons. The van der Waals surface area contributed by atoms with Crippen molar-refractivity contribution >= 4 is 29.1 Å². The number of carbonyl (C=O) groups is 2. The van der Waals surface area contributed by atoms with Crippen molar-refractivity contribution in [1.29, 1.82) is 5.26 Å². The molecule has 1 aliphatic rings. The lowest BCUT2D eigenvalue weighted by atomic mass is 9.92. The number of hydrogen-bond acceptors (Lipinski definition) is 7. The van der Waals surface area contributed by atoms with E-state index in [4.69, 9.17) is 14.7 Å². The lowest BCUT2D eigenvalue weighted by molar-refractivity contribution is -0.141. The molecule has 0 saturated carbocycles. The summed E-state index contributed by atoms with van der Waals surface area (Å²) in [5.41, 5.74) is 3.90. The fraction of sp³-hybridized carbons (Fsp3) is 0.464. The Labute approximate surface area is 213 Å². The second-order valence-electron chi connectivity index (χ2n) is 9.93. The van der Waals surface area contributed by atoms with Crippen LogP contribution in [0.25, 0.3) is 0 Å². The molecular weight excluding hydrogens is 456 g/mol. The number of esters is 1. The fourth-order valence-corrected chi connectivity index (χ4v) is 4.21. The highest BCUT2D eigenvalue weighted by atomic mass is 16.6. The SMILES string of the molecule is CCC(CC(=O)OC)c1ccc(N2CCN(C(=O)OC(C)(C)C)CC2)c(Nc2ccc(C#N)cc2)c1. The van der Waals surface area contributed by atoms with Gasteiger partial charge in [-0.3, -0.25) is 4.79 Å². The molecule has 0 aliphatic carbocycles. The zero-order valence-electron chi connectivity index (χ0n) is 21.8. The molecule has 1 aliphatic heterocycles. The maximum atomic E-state index is 12.5. The van der Waals surface area contributed by atoms with Gasteiger partial charge in [-0.25, -0.2) is 4.79 Å². The molecule has 0 radical (unpaired) electrons. The minimum absolute atomic E-state index is 0.0389. The van der Waals surface area contributed by atoms with Crippen LogP contribution in [-0.2, 0) is 14.3 Å². The van der Waals surface area contributed by atoms with Crippen molar-refractivity contribution < 1.29 is 19.1 Å². The highest BCUT2D eigenvalue weighted by Gasteiger charge is 2.27. The van der Waals surface area contributed by atoms with Crippen molar-refractivity contribution in [1.82, 2.24) is 4.90 Å². The van der Waals surface area contributed by atoms with Gasteiger partial charge in [0.25, 0.3) is 0 Å². The van der Waals surface area contributed by atoms with Crippen LogP contribution in [0.1, 0.15) is 57.6 Å². The molecule has 36 heavy (non-hydrogen) atoms. The van der Waals surface area contributed by atoms with Crippen LogP contribution in [0.2, 0.25) is 0 Å². The normalized spacial score (nSPS) is 14.6. The van der Waals surface area contributed by atoms with E-state index in [1.807, 2.05) is 32.9 Å². The zero-order chi connectivity index (χ0) is 26.3. The summed E-state index contributed by atoms with van der Waals surface area (Å²) in [6, 6.07) is 15.7. The van der Waals surface area contributed by atoms with E-state index in [0.717, 1.165) is 29.0 Å². The number of anilines is 3. The smallest absolute Gasteiger partial charge is 0.410 e. The van der Waals surface area contributed by atoms with Gasteiger partial charge in [0, 0.05) is 31.9 Å². The van der Waals surface area contributed by atoms with Gasteiger partial charge in [-0.1, -0.05) is 13.0 Å². The third-order valence-corrected chi connectivity index (χ3v) is 6.19. The van der Waals surface area contributed by atoms with E-state index < -0.39 is 5.60 Å². The molecule has 3 rings (SSSR count). The summed E-state index contributed by atoms with van der Waals surface area (Å²) in [7, 11) is 1.41. The molecule has 8 nitrogen and oxygen atoms in total. The molecule has 1 unspecified atom stereocenters. The molecule has 2 aromatic rings. The first kappa shape index (κ1) is 26.9.